The Labute approximate surface area is 159 Å². The normalized spacial score (nSPS) is 18.6. The van der Waals surface area contributed by atoms with E-state index in [0.29, 0.717) is 19.4 Å². The standard InChI is InChI=1S/C20H17F2N3O3/c21-12-3-1-4-14(9-12)23-18(26)11-25-17-10-13(22)6-7-15(17)19(27)24-8-2-5-16(24)20(25)28/h1,3-4,6-7,9-10,16H,2,5,8,11H2,(H,23,26). The largest absolute Gasteiger partial charge is 0.327 e. The Balaban J connectivity index is 1.67. The highest BCUT2D eigenvalue weighted by atomic mass is 19.1. The van der Waals surface area contributed by atoms with Crippen molar-refractivity contribution in [3.63, 3.8) is 0 Å². The predicted octanol–water partition coefficient (Wildman–Crippen LogP) is 2.55. The van der Waals surface area contributed by atoms with Gasteiger partial charge in [0.1, 0.15) is 24.2 Å². The van der Waals surface area contributed by atoms with Crippen LogP contribution in [0.1, 0.15) is 23.2 Å². The molecule has 0 saturated carbocycles. The van der Waals surface area contributed by atoms with Crippen LogP contribution in [0, 0.1) is 11.6 Å². The van der Waals surface area contributed by atoms with Crippen LogP contribution in [0.5, 0.6) is 0 Å². The molecule has 0 spiro atoms. The lowest BCUT2D eigenvalue weighted by atomic mass is 10.1. The summed E-state index contributed by atoms with van der Waals surface area (Å²) in [6.07, 6.45) is 1.17. The summed E-state index contributed by atoms with van der Waals surface area (Å²) < 4.78 is 27.2. The molecule has 0 aromatic heterocycles. The first kappa shape index (κ1) is 18.1. The Morgan fingerprint density at radius 3 is 2.68 bits per heavy atom. The molecule has 1 saturated heterocycles. The maximum atomic E-state index is 13.9. The van der Waals surface area contributed by atoms with Crippen molar-refractivity contribution < 1.29 is 23.2 Å². The highest BCUT2D eigenvalue weighted by Gasteiger charge is 2.42. The van der Waals surface area contributed by atoms with Crippen molar-refractivity contribution in [2.24, 2.45) is 0 Å². The van der Waals surface area contributed by atoms with Crippen molar-refractivity contribution in [1.29, 1.82) is 0 Å². The van der Waals surface area contributed by atoms with Gasteiger partial charge in [-0.25, -0.2) is 8.78 Å². The molecule has 0 bridgehead atoms. The summed E-state index contributed by atoms with van der Waals surface area (Å²) in [5, 5.41) is 2.52. The molecular weight excluding hydrogens is 368 g/mol. The molecule has 2 aliphatic heterocycles. The Hall–Kier alpha value is -3.29. The monoisotopic (exact) mass is 385 g/mol. The summed E-state index contributed by atoms with van der Waals surface area (Å²) in [7, 11) is 0. The van der Waals surface area contributed by atoms with Crippen LogP contribution in [-0.2, 0) is 9.59 Å². The average Bonchev–Trinajstić information content (AvgIpc) is 3.12. The number of amides is 3. The molecule has 144 valence electrons. The zero-order valence-electron chi connectivity index (χ0n) is 14.8. The number of carbonyl (C=O) groups excluding carboxylic acids is 3. The molecule has 28 heavy (non-hydrogen) atoms. The number of rotatable bonds is 3. The molecule has 1 unspecified atom stereocenters. The van der Waals surface area contributed by atoms with Crippen molar-refractivity contribution in [3.05, 3.63) is 59.7 Å². The Bertz CT molecular complexity index is 979. The summed E-state index contributed by atoms with van der Waals surface area (Å²) in [4.78, 5) is 41.0. The quantitative estimate of drug-likeness (QED) is 0.883. The molecule has 2 aliphatic rings. The summed E-state index contributed by atoms with van der Waals surface area (Å²) >= 11 is 0. The third-order valence-corrected chi connectivity index (χ3v) is 4.96. The van der Waals surface area contributed by atoms with Gasteiger partial charge in [0, 0.05) is 12.2 Å². The van der Waals surface area contributed by atoms with E-state index in [2.05, 4.69) is 5.32 Å². The van der Waals surface area contributed by atoms with Gasteiger partial charge in [-0.2, -0.15) is 0 Å². The van der Waals surface area contributed by atoms with Crippen molar-refractivity contribution in [2.75, 3.05) is 23.3 Å². The summed E-state index contributed by atoms with van der Waals surface area (Å²) in [6, 6.07) is 8.25. The molecule has 3 amide bonds. The number of halogens is 2. The third-order valence-electron chi connectivity index (χ3n) is 4.96. The highest BCUT2D eigenvalue weighted by Crippen LogP contribution is 2.32. The minimum absolute atomic E-state index is 0.0683. The first-order valence-electron chi connectivity index (χ1n) is 8.91. The number of carbonyl (C=O) groups is 3. The molecule has 2 aromatic rings. The second-order valence-electron chi connectivity index (χ2n) is 6.80. The predicted molar refractivity (Wildman–Crippen MR) is 97.8 cm³/mol. The van der Waals surface area contributed by atoms with E-state index in [9.17, 15) is 23.2 Å². The number of nitrogens with one attached hydrogen (secondary N) is 1. The van der Waals surface area contributed by atoms with Crippen molar-refractivity contribution in [3.8, 4) is 0 Å². The lowest BCUT2D eigenvalue weighted by molar-refractivity contribution is -0.124. The number of fused-ring (bicyclic) bond motifs is 2. The highest BCUT2D eigenvalue weighted by molar-refractivity contribution is 6.13. The SMILES string of the molecule is O=C(CN1C(=O)C2CCCN2C(=O)c2ccc(F)cc21)Nc1cccc(F)c1. The number of hydrogen-bond acceptors (Lipinski definition) is 3. The number of anilines is 2. The zero-order valence-corrected chi connectivity index (χ0v) is 14.8. The van der Waals surface area contributed by atoms with E-state index in [4.69, 9.17) is 0 Å². The Morgan fingerprint density at radius 1 is 1.11 bits per heavy atom. The molecule has 8 heteroatoms. The van der Waals surface area contributed by atoms with Crippen molar-refractivity contribution in [1.82, 2.24) is 4.90 Å². The number of hydrogen-bond donors (Lipinski definition) is 1. The molecule has 4 rings (SSSR count). The van der Waals surface area contributed by atoms with Gasteiger partial charge >= 0.3 is 0 Å². The minimum Gasteiger partial charge on any atom is -0.327 e. The number of benzene rings is 2. The fourth-order valence-corrected chi connectivity index (χ4v) is 3.70. The summed E-state index contributed by atoms with van der Waals surface area (Å²) in [6.45, 7) is 0.0266. The van der Waals surface area contributed by atoms with Gasteiger partial charge < -0.3 is 15.1 Å². The van der Waals surface area contributed by atoms with Crippen molar-refractivity contribution >= 4 is 29.1 Å². The first-order valence-corrected chi connectivity index (χ1v) is 8.91. The summed E-state index contributed by atoms with van der Waals surface area (Å²) in [5.41, 5.74) is 0.488. The van der Waals surface area contributed by atoms with Gasteiger partial charge in [0.05, 0.1) is 11.3 Å². The van der Waals surface area contributed by atoms with E-state index >= 15 is 0 Å². The van der Waals surface area contributed by atoms with Gasteiger partial charge in [0.15, 0.2) is 0 Å². The molecule has 1 fully saturated rings. The van der Waals surface area contributed by atoms with E-state index in [1.54, 1.807) is 0 Å². The minimum atomic E-state index is -0.676. The van der Waals surface area contributed by atoms with Crippen LogP contribution in [0.2, 0.25) is 0 Å². The van der Waals surface area contributed by atoms with Gasteiger partial charge in [-0.3, -0.25) is 14.4 Å². The van der Waals surface area contributed by atoms with E-state index < -0.39 is 36.0 Å². The van der Waals surface area contributed by atoms with Gasteiger partial charge in [-0.1, -0.05) is 6.07 Å². The fraction of sp³-hybridized carbons (Fsp3) is 0.250. The third kappa shape index (κ3) is 3.21. The van der Waals surface area contributed by atoms with E-state index in [1.165, 1.54) is 29.2 Å². The molecule has 1 atom stereocenters. The molecule has 1 N–H and O–H groups in total. The fourth-order valence-electron chi connectivity index (χ4n) is 3.70. The van der Waals surface area contributed by atoms with E-state index in [1.807, 2.05) is 0 Å². The Morgan fingerprint density at radius 2 is 1.89 bits per heavy atom. The average molecular weight is 385 g/mol. The lowest BCUT2D eigenvalue weighted by Crippen LogP contribution is -2.47. The maximum absolute atomic E-state index is 13.9. The molecule has 6 nitrogen and oxygen atoms in total. The lowest BCUT2D eigenvalue weighted by Gasteiger charge is -2.25. The van der Waals surface area contributed by atoms with E-state index in [-0.39, 0.29) is 22.8 Å². The smallest absolute Gasteiger partial charge is 0.256 e. The van der Waals surface area contributed by atoms with Crippen molar-refractivity contribution in [2.45, 2.75) is 18.9 Å². The van der Waals surface area contributed by atoms with Crippen LogP contribution in [0.15, 0.2) is 42.5 Å². The molecule has 0 radical (unpaired) electrons. The van der Waals surface area contributed by atoms with Gasteiger partial charge in [0.25, 0.3) is 5.91 Å². The molecule has 2 heterocycles. The van der Waals surface area contributed by atoms with Gasteiger partial charge in [0.2, 0.25) is 11.8 Å². The van der Waals surface area contributed by atoms with Crippen LogP contribution in [0.4, 0.5) is 20.2 Å². The first-order chi connectivity index (χ1) is 13.4. The van der Waals surface area contributed by atoms with Gasteiger partial charge in [-0.15, -0.1) is 0 Å². The maximum Gasteiger partial charge on any atom is 0.256 e. The molecule has 0 aliphatic carbocycles. The molecule has 2 aromatic carbocycles. The van der Waals surface area contributed by atoms with Crippen LogP contribution >= 0.6 is 0 Å². The van der Waals surface area contributed by atoms with E-state index in [0.717, 1.165) is 23.1 Å². The second-order valence-corrected chi connectivity index (χ2v) is 6.80. The number of nitrogens with zero attached hydrogens (tertiary/aromatic N) is 2. The zero-order chi connectivity index (χ0) is 19.8. The topological polar surface area (TPSA) is 69.7 Å². The van der Waals surface area contributed by atoms with Crippen LogP contribution < -0.4 is 10.2 Å². The van der Waals surface area contributed by atoms with Crippen LogP contribution in [0.3, 0.4) is 0 Å². The van der Waals surface area contributed by atoms with Crippen LogP contribution in [-0.4, -0.2) is 41.8 Å². The van der Waals surface area contributed by atoms with Gasteiger partial charge in [-0.05, 0) is 49.2 Å². The summed E-state index contributed by atoms with van der Waals surface area (Å²) in [5.74, 6) is -2.48. The Kier molecular flexibility index (Phi) is 4.54. The molecular formula is C20H17F2N3O3. The second kappa shape index (κ2) is 7.03. The van der Waals surface area contributed by atoms with Crippen LogP contribution in [0.25, 0.3) is 0 Å².